The van der Waals surface area contributed by atoms with Gasteiger partial charge in [0.1, 0.15) is 6.04 Å². The Morgan fingerprint density at radius 1 is 1.40 bits per heavy atom. The molecular formula is C16H22BrNO2. The van der Waals surface area contributed by atoms with Crippen molar-refractivity contribution in [1.29, 1.82) is 0 Å². The highest BCUT2D eigenvalue weighted by molar-refractivity contribution is 9.10. The van der Waals surface area contributed by atoms with Gasteiger partial charge in [0.15, 0.2) is 0 Å². The van der Waals surface area contributed by atoms with Crippen LogP contribution in [0.15, 0.2) is 28.7 Å². The predicted octanol–water partition coefficient (Wildman–Crippen LogP) is 3.98. The van der Waals surface area contributed by atoms with Gasteiger partial charge in [0.2, 0.25) is 0 Å². The highest BCUT2D eigenvalue weighted by Crippen LogP contribution is 2.24. The van der Waals surface area contributed by atoms with Gasteiger partial charge >= 0.3 is 5.97 Å². The maximum absolute atomic E-state index is 12.2. The second kappa shape index (κ2) is 7.79. The zero-order valence-electron chi connectivity index (χ0n) is 11.9. The number of halogens is 1. The third-order valence-corrected chi connectivity index (χ3v) is 4.21. The van der Waals surface area contributed by atoms with Crippen molar-refractivity contribution >= 4 is 21.9 Å². The van der Waals surface area contributed by atoms with Gasteiger partial charge in [0, 0.05) is 10.5 Å². The molecule has 1 aromatic rings. The first-order chi connectivity index (χ1) is 9.70. The Morgan fingerprint density at radius 2 is 2.15 bits per heavy atom. The molecule has 0 amide bonds. The van der Waals surface area contributed by atoms with Crippen LogP contribution in [0.2, 0.25) is 0 Å². The van der Waals surface area contributed by atoms with Crippen LogP contribution in [0.5, 0.6) is 0 Å². The van der Waals surface area contributed by atoms with E-state index in [9.17, 15) is 4.79 Å². The average Bonchev–Trinajstić information content (AvgIpc) is 2.46. The third kappa shape index (κ3) is 4.32. The lowest BCUT2D eigenvalue weighted by atomic mass is 9.94. The van der Waals surface area contributed by atoms with Gasteiger partial charge in [-0.15, -0.1) is 0 Å². The van der Waals surface area contributed by atoms with Crippen LogP contribution in [0.1, 0.15) is 50.6 Å². The van der Waals surface area contributed by atoms with Crippen molar-refractivity contribution in [3.05, 3.63) is 34.3 Å². The average molecular weight is 340 g/mol. The van der Waals surface area contributed by atoms with Gasteiger partial charge in [0.05, 0.1) is 6.61 Å². The number of hydrogen-bond acceptors (Lipinski definition) is 3. The van der Waals surface area contributed by atoms with E-state index in [2.05, 4.69) is 21.2 Å². The van der Waals surface area contributed by atoms with Gasteiger partial charge in [-0.1, -0.05) is 47.3 Å². The number of ether oxygens (including phenoxy) is 1. The molecule has 2 rings (SSSR count). The smallest absolute Gasteiger partial charge is 0.327 e. The Balaban J connectivity index is 2.13. The highest BCUT2D eigenvalue weighted by atomic mass is 79.9. The molecule has 0 bridgehead atoms. The van der Waals surface area contributed by atoms with Crippen LogP contribution in [-0.4, -0.2) is 18.6 Å². The number of rotatable bonds is 5. The van der Waals surface area contributed by atoms with E-state index in [4.69, 9.17) is 4.74 Å². The molecule has 1 aliphatic carbocycles. The fourth-order valence-corrected chi connectivity index (χ4v) is 3.13. The first-order valence-electron chi connectivity index (χ1n) is 7.39. The van der Waals surface area contributed by atoms with Gasteiger partial charge in [0.25, 0.3) is 0 Å². The number of esters is 1. The van der Waals surface area contributed by atoms with Gasteiger partial charge < -0.3 is 4.74 Å². The number of benzene rings is 1. The molecule has 20 heavy (non-hydrogen) atoms. The summed E-state index contributed by atoms with van der Waals surface area (Å²) < 4.78 is 6.20. The van der Waals surface area contributed by atoms with E-state index in [1.807, 2.05) is 31.2 Å². The van der Waals surface area contributed by atoms with Gasteiger partial charge in [-0.25, -0.2) is 4.79 Å². The number of carbonyl (C=O) groups excluding carboxylic acids is 1. The Kier molecular flexibility index (Phi) is 6.05. The van der Waals surface area contributed by atoms with E-state index in [1.165, 1.54) is 19.3 Å². The molecular weight excluding hydrogens is 318 g/mol. The summed E-state index contributed by atoms with van der Waals surface area (Å²) in [5.74, 6) is -0.184. The van der Waals surface area contributed by atoms with Gasteiger partial charge in [-0.2, -0.15) is 0 Å². The molecule has 0 radical (unpaired) electrons. The normalized spacial score (nSPS) is 17.7. The molecule has 3 nitrogen and oxygen atoms in total. The lowest BCUT2D eigenvalue weighted by Crippen LogP contribution is -2.39. The summed E-state index contributed by atoms with van der Waals surface area (Å²) in [7, 11) is 0. The summed E-state index contributed by atoms with van der Waals surface area (Å²) >= 11 is 3.46. The molecule has 0 heterocycles. The number of carbonyl (C=O) groups is 1. The fraction of sp³-hybridized carbons (Fsp3) is 0.562. The molecule has 0 saturated heterocycles. The summed E-state index contributed by atoms with van der Waals surface area (Å²) in [4.78, 5) is 12.2. The van der Waals surface area contributed by atoms with Crippen molar-refractivity contribution in [3.8, 4) is 0 Å². The maximum atomic E-state index is 12.2. The maximum Gasteiger partial charge on any atom is 0.327 e. The summed E-state index contributed by atoms with van der Waals surface area (Å²) in [5, 5.41) is 3.49. The standard InChI is InChI=1S/C16H22BrNO2/c1-2-20-16(19)15(12-7-6-8-13(17)11-12)18-14-9-4-3-5-10-14/h6-8,11,14-15,18H,2-5,9-10H2,1H3. The van der Waals surface area contributed by atoms with Crippen molar-refractivity contribution in [3.63, 3.8) is 0 Å². The largest absolute Gasteiger partial charge is 0.465 e. The topological polar surface area (TPSA) is 38.3 Å². The predicted molar refractivity (Wildman–Crippen MR) is 83.5 cm³/mol. The van der Waals surface area contributed by atoms with Crippen LogP contribution >= 0.6 is 15.9 Å². The first kappa shape index (κ1) is 15.5. The van der Waals surface area contributed by atoms with Gasteiger partial charge in [-0.05, 0) is 37.5 Å². The van der Waals surface area contributed by atoms with Crippen molar-refractivity contribution in [2.24, 2.45) is 0 Å². The zero-order chi connectivity index (χ0) is 14.4. The molecule has 1 fully saturated rings. The third-order valence-electron chi connectivity index (χ3n) is 3.71. The minimum absolute atomic E-state index is 0.184. The zero-order valence-corrected chi connectivity index (χ0v) is 13.5. The van der Waals surface area contributed by atoms with Crippen LogP contribution in [-0.2, 0) is 9.53 Å². The van der Waals surface area contributed by atoms with E-state index in [0.29, 0.717) is 12.6 Å². The molecule has 1 unspecified atom stereocenters. The molecule has 1 aromatic carbocycles. The summed E-state index contributed by atoms with van der Waals surface area (Å²) in [5.41, 5.74) is 0.961. The quantitative estimate of drug-likeness (QED) is 0.824. The van der Waals surface area contributed by atoms with Crippen molar-refractivity contribution in [1.82, 2.24) is 5.32 Å². The van der Waals surface area contributed by atoms with Gasteiger partial charge in [-0.3, -0.25) is 5.32 Å². The minimum Gasteiger partial charge on any atom is -0.465 e. The van der Waals surface area contributed by atoms with Crippen LogP contribution < -0.4 is 5.32 Å². The van der Waals surface area contributed by atoms with E-state index in [-0.39, 0.29) is 12.0 Å². The molecule has 0 spiro atoms. The lowest BCUT2D eigenvalue weighted by Gasteiger charge is -2.27. The molecule has 0 aromatic heterocycles. The molecule has 1 N–H and O–H groups in total. The Bertz CT molecular complexity index is 444. The van der Waals surface area contributed by atoms with E-state index >= 15 is 0 Å². The molecule has 110 valence electrons. The van der Waals surface area contributed by atoms with Crippen LogP contribution in [0.4, 0.5) is 0 Å². The Morgan fingerprint density at radius 3 is 2.80 bits per heavy atom. The van der Waals surface area contributed by atoms with Crippen LogP contribution in [0.3, 0.4) is 0 Å². The summed E-state index contributed by atoms with van der Waals surface area (Å²) in [6.45, 7) is 2.26. The molecule has 1 atom stereocenters. The van der Waals surface area contributed by atoms with Crippen LogP contribution in [0, 0.1) is 0 Å². The number of hydrogen-bond donors (Lipinski definition) is 1. The van der Waals surface area contributed by atoms with Crippen LogP contribution in [0.25, 0.3) is 0 Å². The molecule has 0 aliphatic heterocycles. The lowest BCUT2D eigenvalue weighted by molar-refractivity contribution is -0.146. The SMILES string of the molecule is CCOC(=O)C(NC1CCCCC1)c1cccc(Br)c1. The Hall–Kier alpha value is -0.870. The summed E-state index contributed by atoms with van der Waals surface area (Å²) in [6.07, 6.45) is 6.07. The highest BCUT2D eigenvalue weighted by Gasteiger charge is 2.26. The second-order valence-electron chi connectivity index (χ2n) is 5.24. The molecule has 1 aliphatic rings. The van der Waals surface area contributed by atoms with E-state index in [0.717, 1.165) is 22.9 Å². The Labute approximate surface area is 129 Å². The molecule has 1 saturated carbocycles. The first-order valence-corrected chi connectivity index (χ1v) is 8.18. The second-order valence-corrected chi connectivity index (χ2v) is 6.16. The van der Waals surface area contributed by atoms with Crippen molar-refractivity contribution < 1.29 is 9.53 Å². The monoisotopic (exact) mass is 339 g/mol. The number of nitrogens with one attached hydrogen (secondary N) is 1. The van der Waals surface area contributed by atoms with Crippen molar-refractivity contribution in [2.75, 3.05) is 6.61 Å². The molecule has 4 heteroatoms. The van der Waals surface area contributed by atoms with E-state index in [1.54, 1.807) is 0 Å². The van der Waals surface area contributed by atoms with Crippen molar-refractivity contribution in [2.45, 2.75) is 51.1 Å². The summed E-state index contributed by atoms with van der Waals surface area (Å²) in [6, 6.07) is 7.92. The fourth-order valence-electron chi connectivity index (χ4n) is 2.72. The minimum atomic E-state index is -0.365. The van der Waals surface area contributed by atoms with E-state index < -0.39 is 0 Å².